The van der Waals surface area contributed by atoms with Crippen molar-refractivity contribution >= 4 is 11.8 Å². The maximum absolute atomic E-state index is 13.2. The Hall–Kier alpha value is -3.60. The molecule has 3 aromatic rings. The van der Waals surface area contributed by atoms with Crippen molar-refractivity contribution in [3.63, 3.8) is 0 Å². The topological polar surface area (TPSA) is 58.6 Å². The number of benzene rings is 3. The summed E-state index contributed by atoms with van der Waals surface area (Å²) in [5, 5.41) is 3.05. The van der Waals surface area contributed by atoms with E-state index in [0.717, 1.165) is 22.4 Å². The van der Waals surface area contributed by atoms with Crippen LogP contribution in [-0.4, -0.2) is 35.9 Å². The number of ether oxygens (including phenoxy) is 1. The Morgan fingerprint density at radius 3 is 2.41 bits per heavy atom. The monoisotopic (exact) mass is 428 g/mol. The molecule has 164 valence electrons. The zero-order chi connectivity index (χ0) is 22.3. The molecule has 2 amide bonds. The smallest absolute Gasteiger partial charge is 0.255 e. The van der Waals surface area contributed by atoms with E-state index in [0.29, 0.717) is 38.1 Å². The van der Waals surface area contributed by atoms with Crippen molar-refractivity contribution in [3.8, 4) is 5.75 Å². The van der Waals surface area contributed by atoms with Gasteiger partial charge in [-0.15, -0.1) is 0 Å². The van der Waals surface area contributed by atoms with Crippen LogP contribution in [0.1, 0.15) is 34.0 Å². The first-order valence-corrected chi connectivity index (χ1v) is 11.1. The van der Waals surface area contributed by atoms with E-state index in [2.05, 4.69) is 5.32 Å². The predicted molar refractivity (Wildman–Crippen MR) is 125 cm³/mol. The van der Waals surface area contributed by atoms with Gasteiger partial charge in [-0.3, -0.25) is 9.59 Å². The normalized spacial score (nSPS) is 13.5. The minimum absolute atomic E-state index is 0.0804. The summed E-state index contributed by atoms with van der Waals surface area (Å²) in [6.45, 7) is 3.56. The molecule has 1 heterocycles. The Bertz CT molecular complexity index is 1060. The van der Waals surface area contributed by atoms with Gasteiger partial charge in [0, 0.05) is 25.1 Å². The highest BCUT2D eigenvalue weighted by Gasteiger charge is 2.36. The highest BCUT2D eigenvalue weighted by Crippen LogP contribution is 2.26. The molecule has 1 unspecified atom stereocenters. The quantitative estimate of drug-likeness (QED) is 0.560. The van der Waals surface area contributed by atoms with Gasteiger partial charge in [-0.05, 0) is 48.2 Å². The van der Waals surface area contributed by atoms with Gasteiger partial charge in [0.2, 0.25) is 5.91 Å². The van der Waals surface area contributed by atoms with Gasteiger partial charge in [-0.25, -0.2) is 0 Å². The molecular weight excluding hydrogens is 400 g/mol. The summed E-state index contributed by atoms with van der Waals surface area (Å²) >= 11 is 0. The number of nitrogens with zero attached hydrogens (tertiary/aromatic N) is 1. The minimum atomic E-state index is -0.558. The van der Waals surface area contributed by atoms with E-state index >= 15 is 0 Å². The Kier molecular flexibility index (Phi) is 6.85. The molecule has 0 aliphatic carbocycles. The molecule has 0 saturated carbocycles. The van der Waals surface area contributed by atoms with Crippen LogP contribution >= 0.6 is 0 Å². The molecule has 1 atom stereocenters. The van der Waals surface area contributed by atoms with Crippen LogP contribution in [0.5, 0.6) is 5.75 Å². The van der Waals surface area contributed by atoms with E-state index in [1.165, 1.54) is 0 Å². The summed E-state index contributed by atoms with van der Waals surface area (Å²) in [4.78, 5) is 28.0. The fraction of sp³-hybridized carbons (Fsp3) is 0.259. The number of nitrogens with one attached hydrogen (secondary N) is 1. The van der Waals surface area contributed by atoms with Crippen LogP contribution in [0, 0.1) is 0 Å². The second kappa shape index (κ2) is 10.1. The lowest BCUT2D eigenvalue weighted by molar-refractivity contribution is -0.125. The largest absolute Gasteiger partial charge is 0.494 e. The van der Waals surface area contributed by atoms with Gasteiger partial charge in [0.05, 0.1) is 6.61 Å². The first-order valence-electron chi connectivity index (χ1n) is 11.1. The number of carbonyl (C=O) groups is 2. The Morgan fingerprint density at radius 1 is 0.969 bits per heavy atom. The Labute approximate surface area is 189 Å². The number of amides is 2. The molecule has 0 bridgehead atoms. The van der Waals surface area contributed by atoms with E-state index in [1.54, 1.807) is 4.90 Å². The molecule has 1 N–H and O–H groups in total. The molecular formula is C27H28N2O3. The van der Waals surface area contributed by atoms with Crippen LogP contribution in [0.4, 0.5) is 0 Å². The van der Waals surface area contributed by atoms with Crippen LogP contribution in [0.15, 0.2) is 78.9 Å². The van der Waals surface area contributed by atoms with E-state index < -0.39 is 6.04 Å². The fourth-order valence-electron chi connectivity index (χ4n) is 4.08. The molecule has 0 radical (unpaired) electrons. The van der Waals surface area contributed by atoms with Gasteiger partial charge in [0.25, 0.3) is 5.91 Å². The molecule has 32 heavy (non-hydrogen) atoms. The van der Waals surface area contributed by atoms with Gasteiger partial charge >= 0.3 is 0 Å². The average Bonchev–Trinajstić information content (AvgIpc) is 3.16. The van der Waals surface area contributed by atoms with Gasteiger partial charge in [-0.1, -0.05) is 60.7 Å². The zero-order valence-corrected chi connectivity index (χ0v) is 18.3. The van der Waals surface area contributed by atoms with E-state index in [1.807, 2.05) is 85.8 Å². The summed E-state index contributed by atoms with van der Waals surface area (Å²) in [6.07, 6.45) is 1.19. The van der Waals surface area contributed by atoms with E-state index in [4.69, 9.17) is 4.74 Å². The Balaban J connectivity index is 1.44. The van der Waals surface area contributed by atoms with Crippen LogP contribution in [0.2, 0.25) is 0 Å². The second-order valence-electron chi connectivity index (χ2n) is 7.91. The third-order valence-electron chi connectivity index (χ3n) is 5.75. The summed E-state index contributed by atoms with van der Waals surface area (Å²) in [5.74, 6) is 0.638. The average molecular weight is 429 g/mol. The zero-order valence-electron chi connectivity index (χ0n) is 18.3. The molecule has 0 saturated heterocycles. The summed E-state index contributed by atoms with van der Waals surface area (Å²) < 4.78 is 5.48. The molecule has 1 aliphatic rings. The molecule has 5 nitrogen and oxygen atoms in total. The van der Waals surface area contributed by atoms with Crippen molar-refractivity contribution in [2.45, 2.75) is 32.4 Å². The lowest BCUT2D eigenvalue weighted by Gasteiger charge is -2.27. The third kappa shape index (κ3) is 4.99. The van der Waals surface area contributed by atoms with Crippen molar-refractivity contribution in [3.05, 3.63) is 101 Å². The van der Waals surface area contributed by atoms with Crippen molar-refractivity contribution < 1.29 is 14.3 Å². The first-order chi connectivity index (χ1) is 15.7. The summed E-state index contributed by atoms with van der Waals surface area (Å²) in [6, 6.07) is 24.8. The molecule has 0 spiro atoms. The van der Waals surface area contributed by atoms with E-state index in [-0.39, 0.29) is 11.8 Å². The molecule has 0 aromatic heterocycles. The standard InChI is InChI=1S/C27H28N2O3/c1-2-32-23-14-12-20(13-15-23)16-17-28-26(30)25(18-21-8-4-3-5-9-21)29-19-22-10-6-7-11-24(22)27(29)31/h3-15,25H,2,16-19H2,1H3,(H,28,30). The maximum atomic E-state index is 13.2. The Morgan fingerprint density at radius 2 is 1.69 bits per heavy atom. The molecule has 1 aliphatic heterocycles. The summed E-state index contributed by atoms with van der Waals surface area (Å²) in [7, 11) is 0. The van der Waals surface area contributed by atoms with Crippen LogP contribution in [0.25, 0.3) is 0 Å². The highest BCUT2D eigenvalue weighted by atomic mass is 16.5. The van der Waals surface area contributed by atoms with Crippen LogP contribution in [-0.2, 0) is 24.2 Å². The van der Waals surface area contributed by atoms with E-state index in [9.17, 15) is 9.59 Å². The van der Waals surface area contributed by atoms with Gasteiger partial charge in [0.1, 0.15) is 11.8 Å². The number of fused-ring (bicyclic) bond motifs is 1. The lowest BCUT2D eigenvalue weighted by Crippen LogP contribution is -2.48. The SMILES string of the molecule is CCOc1ccc(CCNC(=O)C(Cc2ccccc2)N2Cc3ccccc3C2=O)cc1. The van der Waals surface area contributed by atoms with Crippen molar-refractivity contribution in [1.29, 1.82) is 0 Å². The third-order valence-corrected chi connectivity index (χ3v) is 5.75. The molecule has 5 heteroatoms. The number of rotatable bonds is 9. The maximum Gasteiger partial charge on any atom is 0.255 e. The van der Waals surface area contributed by atoms with Gasteiger partial charge in [-0.2, -0.15) is 0 Å². The fourth-order valence-corrected chi connectivity index (χ4v) is 4.08. The van der Waals surface area contributed by atoms with Crippen molar-refractivity contribution in [1.82, 2.24) is 10.2 Å². The predicted octanol–water partition coefficient (Wildman–Crippen LogP) is 4.01. The van der Waals surface area contributed by atoms with Crippen molar-refractivity contribution in [2.24, 2.45) is 0 Å². The highest BCUT2D eigenvalue weighted by molar-refractivity contribution is 6.01. The molecule has 4 rings (SSSR count). The first kappa shape index (κ1) is 21.6. The number of hydrogen-bond donors (Lipinski definition) is 1. The number of hydrogen-bond acceptors (Lipinski definition) is 3. The van der Waals surface area contributed by atoms with Gasteiger partial charge < -0.3 is 15.0 Å². The molecule has 0 fully saturated rings. The van der Waals surface area contributed by atoms with Crippen molar-refractivity contribution in [2.75, 3.05) is 13.2 Å². The second-order valence-corrected chi connectivity index (χ2v) is 7.91. The summed E-state index contributed by atoms with van der Waals surface area (Å²) in [5.41, 5.74) is 3.81. The van der Waals surface area contributed by atoms with Gasteiger partial charge in [0.15, 0.2) is 0 Å². The number of carbonyl (C=O) groups excluding carboxylic acids is 2. The van der Waals surface area contributed by atoms with Crippen LogP contribution < -0.4 is 10.1 Å². The van der Waals surface area contributed by atoms with Crippen LogP contribution in [0.3, 0.4) is 0 Å². The molecule has 3 aromatic carbocycles. The minimum Gasteiger partial charge on any atom is -0.494 e. The lowest BCUT2D eigenvalue weighted by atomic mass is 10.0.